The van der Waals surface area contributed by atoms with E-state index in [1.807, 2.05) is 13.8 Å². The normalized spacial score (nSPS) is 16.6. The van der Waals surface area contributed by atoms with Gasteiger partial charge in [-0.3, -0.25) is 0 Å². The molecule has 0 bridgehead atoms. The monoisotopic (exact) mass is 226 g/mol. The molecule has 0 aromatic rings. The summed E-state index contributed by atoms with van der Waals surface area (Å²) in [6.07, 6.45) is 2.06. The zero-order valence-corrected chi connectivity index (χ0v) is 11.7. The summed E-state index contributed by atoms with van der Waals surface area (Å²) in [6, 6.07) is 0. The predicted molar refractivity (Wildman–Crippen MR) is 67.3 cm³/mol. The maximum Gasteiger partial charge on any atom is 0.108 e. The van der Waals surface area contributed by atoms with Crippen LogP contribution in [-0.2, 0) is 0 Å². The molecule has 0 saturated carbocycles. The quantitative estimate of drug-likeness (QED) is 0.723. The number of hydrogen-bond donors (Lipinski definition) is 2. The van der Waals surface area contributed by atoms with Crippen molar-refractivity contribution >= 4 is 0 Å². The molecule has 0 radical (unpaired) electrons. The van der Waals surface area contributed by atoms with Gasteiger partial charge in [-0.05, 0) is 23.7 Å². The van der Waals surface area contributed by atoms with Crippen LogP contribution in [0.4, 0.5) is 0 Å². The maximum atomic E-state index is 9.53. The Balaban J connectivity index is 5.61. The van der Waals surface area contributed by atoms with Crippen molar-refractivity contribution in [1.82, 2.24) is 0 Å². The van der Waals surface area contributed by atoms with Crippen LogP contribution in [0.5, 0.6) is 0 Å². The lowest BCUT2D eigenvalue weighted by atomic mass is 9.51. The van der Waals surface area contributed by atoms with Gasteiger partial charge in [0.05, 0.1) is 0 Å². The molecule has 0 spiro atoms. The average molecular weight is 226 g/mol. The van der Waals surface area contributed by atoms with E-state index < -0.39 is 0 Å². The maximum absolute atomic E-state index is 9.53. The van der Waals surface area contributed by atoms with Crippen LogP contribution in [0, 0.1) is 34.2 Å². The minimum absolute atomic E-state index is 0.107. The SMILES string of the molecule is CC(C)C(C)(C#CO)C(C)(C)C(C)(C)CO. The summed E-state index contributed by atoms with van der Waals surface area (Å²) in [6.45, 7) is 14.6. The van der Waals surface area contributed by atoms with E-state index in [4.69, 9.17) is 5.11 Å². The van der Waals surface area contributed by atoms with Crippen molar-refractivity contribution in [3.05, 3.63) is 0 Å². The topological polar surface area (TPSA) is 40.5 Å². The van der Waals surface area contributed by atoms with E-state index in [1.54, 1.807) is 0 Å². The van der Waals surface area contributed by atoms with Gasteiger partial charge in [0.25, 0.3) is 0 Å². The Hall–Kier alpha value is -0.680. The lowest BCUT2D eigenvalue weighted by Gasteiger charge is -2.52. The molecule has 0 fully saturated rings. The molecular formula is C14H26O2. The molecule has 0 aliphatic rings. The Bertz CT molecular complexity index is 292. The van der Waals surface area contributed by atoms with Crippen LogP contribution in [0.1, 0.15) is 48.5 Å². The first-order valence-corrected chi connectivity index (χ1v) is 5.84. The molecule has 2 nitrogen and oxygen atoms in total. The number of aliphatic hydroxyl groups is 2. The van der Waals surface area contributed by atoms with Gasteiger partial charge in [-0.1, -0.05) is 47.5 Å². The van der Waals surface area contributed by atoms with Crippen LogP contribution < -0.4 is 0 Å². The Morgan fingerprint density at radius 2 is 1.50 bits per heavy atom. The van der Waals surface area contributed by atoms with Gasteiger partial charge in [-0.2, -0.15) is 0 Å². The molecule has 0 amide bonds. The van der Waals surface area contributed by atoms with Gasteiger partial charge in [0.2, 0.25) is 0 Å². The van der Waals surface area contributed by atoms with Gasteiger partial charge in [0, 0.05) is 12.0 Å². The molecule has 0 aliphatic heterocycles. The highest BCUT2D eigenvalue weighted by Crippen LogP contribution is 2.54. The molecule has 0 heterocycles. The van der Waals surface area contributed by atoms with Gasteiger partial charge >= 0.3 is 0 Å². The molecule has 16 heavy (non-hydrogen) atoms. The van der Waals surface area contributed by atoms with E-state index in [0.29, 0.717) is 5.92 Å². The van der Waals surface area contributed by atoms with E-state index in [2.05, 4.69) is 46.6 Å². The molecule has 1 unspecified atom stereocenters. The van der Waals surface area contributed by atoms with Crippen molar-refractivity contribution in [3.8, 4) is 12.0 Å². The van der Waals surface area contributed by atoms with E-state index >= 15 is 0 Å². The molecule has 0 rings (SSSR count). The molecule has 0 aromatic heterocycles. The molecule has 1 atom stereocenters. The number of rotatable bonds is 4. The summed E-state index contributed by atoms with van der Waals surface area (Å²) in [5.74, 6) is 3.23. The zero-order valence-electron chi connectivity index (χ0n) is 11.7. The average Bonchev–Trinajstić information content (AvgIpc) is 2.17. The molecule has 2 N–H and O–H groups in total. The van der Waals surface area contributed by atoms with Crippen LogP contribution >= 0.6 is 0 Å². The van der Waals surface area contributed by atoms with E-state index in [0.717, 1.165) is 0 Å². The molecule has 0 aliphatic carbocycles. The van der Waals surface area contributed by atoms with E-state index in [-0.39, 0.29) is 22.9 Å². The Morgan fingerprint density at radius 3 is 1.75 bits per heavy atom. The first kappa shape index (κ1) is 15.3. The highest BCUT2D eigenvalue weighted by molar-refractivity contribution is 5.16. The highest BCUT2D eigenvalue weighted by Gasteiger charge is 2.51. The van der Waals surface area contributed by atoms with Crippen molar-refractivity contribution in [2.75, 3.05) is 6.61 Å². The minimum atomic E-state index is -0.339. The largest absolute Gasteiger partial charge is 0.462 e. The van der Waals surface area contributed by atoms with Gasteiger partial charge < -0.3 is 10.2 Å². The van der Waals surface area contributed by atoms with Crippen molar-refractivity contribution in [2.45, 2.75) is 48.5 Å². The number of hydrogen-bond acceptors (Lipinski definition) is 2. The van der Waals surface area contributed by atoms with E-state index in [1.165, 1.54) is 0 Å². The van der Waals surface area contributed by atoms with Crippen LogP contribution in [0.2, 0.25) is 0 Å². The van der Waals surface area contributed by atoms with Crippen molar-refractivity contribution in [1.29, 1.82) is 0 Å². The zero-order chi connectivity index (χ0) is 13.2. The van der Waals surface area contributed by atoms with Gasteiger partial charge in [-0.25, -0.2) is 0 Å². The molecule has 0 aromatic carbocycles. The van der Waals surface area contributed by atoms with Gasteiger partial charge in [0.1, 0.15) is 6.11 Å². The van der Waals surface area contributed by atoms with Crippen LogP contribution in [0.3, 0.4) is 0 Å². The van der Waals surface area contributed by atoms with Crippen LogP contribution in [-0.4, -0.2) is 16.8 Å². The summed E-state index contributed by atoms with van der Waals surface area (Å²) in [7, 11) is 0. The van der Waals surface area contributed by atoms with Crippen molar-refractivity contribution < 1.29 is 10.2 Å². The first-order chi connectivity index (χ1) is 7.06. The van der Waals surface area contributed by atoms with Crippen molar-refractivity contribution in [2.24, 2.45) is 22.2 Å². The third-order valence-electron chi connectivity index (χ3n) is 4.86. The highest BCUT2D eigenvalue weighted by atomic mass is 16.3. The summed E-state index contributed by atoms with van der Waals surface area (Å²) >= 11 is 0. The molecule has 2 heteroatoms. The van der Waals surface area contributed by atoms with Gasteiger partial charge in [-0.15, -0.1) is 0 Å². The van der Waals surface area contributed by atoms with E-state index in [9.17, 15) is 5.11 Å². The van der Waals surface area contributed by atoms with Crippen LogP contribution in [0.25, 0.3) is 0 Å². The molecular weight excluding hydrogens is 200 g/mol. The third-order valence-corrected chi connectivity index (χ3v) is 4.86. The van der Waals surface area contributed by atoms with Crippen molar-refractivity contribution in [3.63, 3.8) is 0 Å². The smallest absolute Gasteiger partial charge is 0.108 e. The Morgan fingerprint density at radius 1 is 1.06 bits per heavy atom. The summed E-state index contributed by atoms with van der Waals surface area (Å²) in [5, 5.41) is 18.5. The standard InChI is InChI=1S/C14H26O2/c1-11(2)14(7,8-9-15)13(5,6)12(3,4)10-16/h11,15-16H,10H2,1-7H3. The fourth-order valence-electron chi connectivity index (χ4n) is 2.04. The first-order valence-electron chi connectivity index (χ1n) is 5.84. The second-order valence-corrected chi connectivity index (χ2v) is 6.26. The lowest BCUT2D eigenvalue weighted by molar-refractivity contribution is -0.0529. The fourth-order valence-corrected chi connectivity index (χ4v) is 2.04. The number of aliphatic hydroxyl groups excluding tert-OH is 2. The van der Waals surface area contributed by atoms with Crippen LogP contribution in [0.15, 0.2) is 0 Å². The van der Waals surface area contributed by atoms with Gasteiger partial charge in [0.15, 0.2) is 0 Å². The fraction of sp³-hybridized carbons (Fsp3) is 0.857. The Kier molecular flexibility index (Phi) is 4.47. The predicted octanol–water partition coefficient (Wildman–Crippen LogP) is 3.03. The Labute approximate surface area is 100 Å². The summed E-state index contributed by atoms with van der Waals surface area (Å²) in [5.41, 5.74) is -0.803. The molecule has 0 saturated heterocycles. The summed E-state index contributed by atoms with van der Waals surface area (Å²) in [4.78, 5) is 0. The second-order valence-electron chi connectivity index (χ2n) is 6.26. The summed E-state index contributed by atoms with van der Waals surface area (Å²) < 4.78 is 0. The minimum Gasteiger partial charge on any atom is -0.462 e. The second kappa shape index (κ2) is 4.67. The molecule has 94 valence electrons. The lowest BCUT2D eigenvalue weighted by Crippen LogP contribution is -2.49. The third kappa shape index (κ3) is 2.20.